The predicted octanol–water partition coefficient (Wildman–Crippen LogP) is 5.05. The first kappa shape index (κ1) is 22.6. The SMILES string of the molecule is O=C1NC(=O)N(c2ccc(O)cc2)C(=O)/C1=C/c1cc(Cl)ccc1OCc1ccc(Br)cc1. The highest BCUT2D eigenvalue weighted by Crippen LogP contribution is 2.29. The quantitative estimate of drug-likeness (QED) is 0.357. The molecule has 0 unspecified atom stereocenters. The smallest absolute Gasteiger partial charge is 0.335 e. The average molecular weight is 528 g/mol. The number of rotatable bonds is 5. The number of benzene rings is 3. The monoisotopic (exact) mass is 526 g/mol. The molecule has 4 rings (SSSR count). The molecule has 4 amide bonds. The Labute approximate surface area is 202 Å². The first-order valence-corrected chi connectivity index (χ1v) is 10.9. The van der Waals surface area contributed by atoms with Crippen molar-refractivity contribution >= 4 is 57.1 Å². The number of imide groups is 2. The van der Waals surface area contributed by atoms with Crippen molar-refractivity contribution in [2.24, 2.45) is 0 Å². The van der Waals surface area contributed by atoms with E-state index < -0.39 is 17.8 Å². The van der Waals surface area contributed by atoms with Crippen LogP contribution in [0.15, 0.2) is 76.8 Å². The zero-order valence-corrected chi connectivity index (χ0v) is 19.3. The van der Waals surface area contributed by atoms with Crippen molar-refractivity contribution in [3.8, 4) is 11.5 Å². The number of hydrogen-bond donors (Lipinski definition) is 2. The van der Waals surface area contributed by atoms with E-state index in [2.05, 4.69) is 21.2 Å². The van der Waals surface area contributed by atoms with Crippen LogP contribution in [0, 0.1) is 0 Å². The third-order valence-electron chi connectivity index (χ3n) is 4.79. The number of anilines is 1. The minimum atomic E-state index is -0.884. The summed E-state index contributed by atoms with van der Waals surface area (Å²) in [5.74, 6) is -1.27. The molecule has 166 valence electrons. The van der Waals surface area contributed by atoms with Gasteiger partial charge in [0.15, 0.2) is 0 Å². The molecule has 1 fully saturated rings. The second-order valence-electron chi connectivity index (χ2n) is 7.07. The first-order valence-electron chi connectivity index (χ1n) is 9.69. The molecule has 1 saturated heterocycles. The summed E-state index contributed by atoms with van der Waals surface area (Å²) < 4.78 is 6.85. The maximum absolute atomic E-state index is 13.1. The second kappa shape index (κ2) is 9.48. The summed E-state index contributed by atoms with van der Waals surface area (Å²) in [6.07, 6.45) is 1.33. The molecular weight excluding hydrogens is 512 g/mol. The molecule has 0 atom stereocenters. The molecule has 33 heavy (non-hydrogen) atoms. The molecule has 0 radical (unpaired) electrons. The minimum Gasteiger partial charge on any atom is -0.508 e. The molecule has 1 heterocycles. The van der Waals surface area contributed by atoms with E-state index in [-0.39, 0.29) is 23.6 Å². The maximum Gasteiger partial charge on any atom is 0.335 e. The number of nitrogens with zero attached hydrogens (tertiary/aromatic N) is 1. The first-order chi connectivity index (χ1) is 15.8. The van der Waals surface area contributed by atoms with E-state index >= 15 is 0 Å². The van der Waals surface area contributed by atoms with E-state index in [9.17, 15) is 19.5 Å². The molecule has 0 saturated carbocycles. The van der Waals surface area contributed by atoms with Gasteiger partial charge in [-0.1, -0.05) is 39.7 Å². The van der Waals surface area contributed by atoms with Gasteiger partial charge in [0.25, 0.3) is 11.8 Å². The Kier molecular flexibility index (Phi) is 6.48. The van der Waals surface area contributed by atoms with Gasteiger partial charge >= 0.3 is 6.03 Å². The summed E-state index contributed by atoms with van der Waals surface area (Å²) in [7, 11) is 0. The van der Waals surface area contributed by atoms with Crippen LogP contribution in [-0.2, 0) is 16.2 Å². The van der Waals surface area contributed by atoms with Crippen LogP contribution < -0.4 is 15.0 Å². The number of ether oxygens (including phenoxy) is 1. The normalized spacial score (nSPS) is 15.0. The summed E-state index contributed by atoms with van der Waals surface area (Å²) in [5.41, 5.74) is 1.25. The highest BCUT2D eigenvalue weighted by Gasteiger charge is 2.37. The number of phenolic OH excluding ortho intramolecular Hbond substituents is 1. The maximum atomic E-state index is 13.1. The molecule has 0 spiro atoms. The number of carbonyl (C=O) groups is 3. The van der Waals surface area contributed by atoms with E-state index in [1.807, 2.05) is 24.3 Å². The molecule has 0 bridgehead atoms. The minimum absolute atomic E-state index is 0.0260. The molecule has 0 aliphatic carbocycles. The summed E-state index contributed by atoms with van der Waals surface area (Å²) in [6, 6.07) is 17.0. The topological polar surface area (TPSA) is 95.9 Å². The average Bonchev–Trinajstić information content (AvgIpc) is 2.78. The van der Waals surface area contributed by atoms with Gasteiger partial charge in [-0.2, -0.15) is 0 Å². The van der Waals surface area contributed by atoms with E-state index in [0.717, 1.165) is 14.9 Å². The van der Waals surface area contributed by atoms with Gasteiger partial charge in [-0.05, 0) is 66.2 Å². The Balaban J connectivity index is 1.66. The number of amides is 4. The summed E-state index contributed by atoms with van der Waals surface area (Å²) in [5, 5.41) is 12.0. The number of hydrogen-bond acceptors (Lipinski definition) is 5. The molecule has 1 aliphatic rings. The Morgan fingerprint density at radius 1 is 1.00 bits per heavy atom. The van der Waals surface area contributed by atoms with Crippen LogP contribution in [0.1, 0.15) is 11.1 Å². The van der Waals surface area contributed by atoms with Crippen LogP contribution in [0.5, 0.6) is 11.5 Å². The van der Waals surface area contributed by atoms with Crippen molar-refractivity contribution in [1.29, 1.82) is 0 Å². The highest BCUT2D eigenvalue weighted by molar-refractivity contribution is 9.10. The number of carbonyl (C=O) groups excluding carboxylic acids is 3. The van der Waals surface area contributed by atoms with Crippen molar-refractivity contribution in [3.05, 3.63) is 92.9 Å². The number of barbiturate groups is 1. The zero-order valence-electron chi connectivity index (χ0n) is 16.9. The number of phenols is 1. The fourth-order valence-electron chi connectivity index (χ4n) is 3.15. The molecule has 9 heteroatoms. The molecule has 0 aromatic heterocycles. The van der Waals surface area contributed by atoms with Crippen LogP contribution in [0.25, 0.3) is 6.08 Å². The van der Waals surface area contributed by atoms with Crippen molar-refractivity contribution in [2.75, 3.05) is 4.90 Å². The standard InChI is InChI=1S/C24H16BrClN2O5/c25-16-3-1-14(2-4-16)13-33-21-10-5-17(26)11-15(21)12-20-22(30)27-24(32)28(23(20)31)18-6-8-19(29)9-7-18/h1-12,29H,13H2,(H,27,30,32)/b20-12+. The number of urea groups is 1. The van der Waals surface area contributed by atoms with Crippen molar-refractivity contribution in [1.82, 2.24) is 5.32 Å². The summed E-state index contributed by atoms with van der Waals surface area (Å²) in [4.78, 5) is 38.7. The van der Waals surface area contributed by atoms with Gasteiger partial charge in [0.2, 0.25) is 0 Å². The van der Waals surface area contributed by atoms with Gasteiger partial charge in [0.1, 0.15) is 23.7 Å². The fraction of sp³-hybridized carbons (Fsp3) is 0.0417. The van der Waals surface area contributed by atoms with E-state index in [1.165, 1.54) is 30.3 Å². The third-order valence-corrected chi connectivity index (χ3v) is 5.55. The Hall–Kier alpha value is -3.62. The van der Waals surface area contributed by atoms with Crippen molar-refractivity contribution in [3.63, 3.8) is 0 Å². The summed E-state index contributed by atoms with van der Waals surface area (Å²) in [6.45, 7) is 0.253. The Bertz CT molecular complexity index is 1270. The Morgan fingerprint density at radius 2 is 1.70 bits per heavy atom. The lowest BCUT2D eigenvalue weighted by molar-refractivity contribution is -0.122. The van der Waals surface area contributed by atoms with Gasteiger partial charge in [-0.3, -0.25) is 14.9 Å². The molecule has 2 N–H and O–H groups in total. The summed E-state index contributed by atoms with van der Waals surface area (Å²) >= 11 is 9.52. The number of nitrogens with one attached hydrogen (secondary N) is 1. The zero-order chi connectivity index (χ0) is 23.5. The molecule has 3 aromatic carbocycles. The lowest BCUT2D eigenvalue weighted by Crippen LogP contribution is -2.54. The molecular formula is C24H16BrClN2O5. The van der Waals surface area contributed by atoms with Crippen LogP contribution in [0.3, 0.4) is 0 Å². The fourth-order valence-corrected chi connectivity index (χ4v) is 3.60. The van der Waals surface area contributed by atoms with Crippen LogP contribution in [-0.4, -0.2) is 23.0 Å². The van der Waals surface area contributed by atoms with Gasteiger partial charge in [0, 0.05) is 15.1 Å². The van der Waals surface area contributed by atoms with E-state index in [0.29, 0.717) is 16.3 Å². The number of aromatic hydroxyl groups is 1. The van der Waals surface area contributed by atoms with E-state index in [4.69, 9.17) is 16.3 Å². The van der Waals surface area contributed by atoms with Crippen LogP contribution >= 0.6 is 27.5 Å². The van der Waals surface area contributed by atoms with Gasteiger partial charge in [0.05, 0.1) is 5.69 Å². The second-order valence-corrected chi connectivity index (χ2v) is 8.42. The number of halogens is 2. The Morgan fingerprint density at radius 3 is 2.39 bits per heavy atom. The molecule has 1 aliphatic heterocycles. The van der Waals surface area contributed by atoms with Crippen molar-refractivity contribution in [2.45, 2.75) is 6.61 Å². The molecule has 7 nitrogen and oxygen atoms in total. The van der Waals surface area contributed by atoms with Gasteiger partial charge < -0.3 is 9.84 Å². The van der Waals surface area contributed by atoms with Crippen LogP contribution in [0.4, 0.5) is 10.5 Å². The lowest BCUT2D eigenvalue weighted by atomic mass is 10.1. The molecule has 3 aromatic rings. The third kappa shape index (κ3) is 5.08. The predicted molar refractivity (Wildman–Crippen MR) is 127 cm³/mol. The van der Waals surface area contributed by atoms with Gasteiger partial charge in [-0.25, -0.2) is 9.69 Å². The lowest BCUT2D eigenvalue weighted by Gasteiger charge is -2.26. The van der Waals surface area contributed by atoms with E-state index in [1.54, 1.807) is 18.2 Å². The van der Waals surface area contributed by atoms with Crippen LogP contribution in [0.2, 0.25) is 5.02 Å². The van der Waals surface area contributed by atoms with Crippen molar-refractivity contribution < 1.29 is 24.2 Å². The van der Waals surface area contributed by atoms with Gasteiger partial charge in [-0.15, -0.1) is 0 Å². The largest absolute Gasteiger partial charge is 0.508 e. The highest BCUT2D eigenvalue weighted by atomic mass is 79.9.